The highest BCUT2D eigenvalue weighted by molar-refractivity contribution is 6.10. The molecule has 0 spiro atoms. The lowest BCUT2D eigenvalue weighted by atomic mass is 10.2. The second kappa shape index (κ2) is 6.22. The third-order valence-electron chi connectivity index (χ3n) is 5.06. The first-order valence-electron chi connectivity index (χ1n) is 9.21. The minimum Gasteiger partial charge on any atom is -0.370 e. The number of aryl methyl sites for hydroxylation is 1. The summed E-state index contributed by atoms with van der Waals surface area (Å²) in [6, 6.07) is 3.70. The van der Waals surface area contributed by atoms with Gasteiger partial charge in [0, 0.05) is 25.5 Å². The number of fused-ring (bicyclic) bond motifs is 2. The van der Waals surface area contributed by atoms with Crippen LogP contribution in [0.2, 0.25) is 0 Å². The highest BCUT2D eigenvalue weighted by atomic mass is 16.2. The van der Waals surface area contributed by atoms with Gasteiger partial charge in [-0.1, -0.05) is 0 Å². The number of aromatic amines is 2. The highest BCUT2D eigenvalue weighted by Crippen LogP contribution is 2.32. The van der Waals surface area contributed by atoms with Gasteiger partial charge in [-0.2, -0.15) is 5.10 Å². The number of H-pyrrole nitrogens is 2. The van der Waals surface area contributed by atoms with E-state index in [0.29, 0.717) is 22.4 Å². The number of rotatable bonds is 3. The molecule has 28 heavy (non-hydrogen) atoms. The third-order valence-corrected chi connectivity index (χ3v) is 5.06. The molecule has 0 saturated carbocycles. The fourth-order valence-corrected chi connectivity index (χ4v) is 3.71. The van der Waals surface area contributed by atoms with E-state index in [0.717, 1.165) is 42.7 Å². The van der Waals surface area contributed by atoms with E-state index in [1.807, 2.05) is 19.2 Å². The number of nitrogens with one attached hydrogen (secondary N) is 3. The topological polar surface area (TPSA) is 111 Å². The number of nitrogens with zero attached hydrogens (tertiary/aromatic N) is 4. The fraction of sp³-hybridized carbons (Fsp3) is 0.263. The zero-order chi connectivity index (χ0) is 19.3. The standard InChI is InChI=1S/C19H19N7O2/c1-11-8-20-17-12(9-21-26(17)10-11)18(27)22-15-6-13-14(24-19(28)23-13)7-16(15)25-4-2-3-5-25/h6-10H,2-5H2,1H3,(H,22,27)(H2,23,24,28). The second-order valence-electron chi connectivity index (χ2n) is 7.10. The molecule has 0 bridgehead atoms. The molecule has 3 aromatic heterocycles. The van der Waals surface area contributed by atoms with E-state index in [-0.39, 0.29) is 11.6 Å². The van der Waals surface area contributed by atoms with Gasteiger partial charge < -0.3 is 20.2 Å². The molecule has 0 atom stereocenters. The summed E-state index contributed by atoms with van der Waals surface area (Å²) in [5.41, 5.74) is 4.51. The van der Waals surface area contributed by atoms with Gasteiger partial charge in [0.25, 0.3) is 5.91 Å². The first-order valence-corrected chi connectivity index (χ1v) is 9.21. The zero-order valence-electron chi connectivity index (χ0n) is 15.3. The predicted molar refractivity (Wildman–Crippen MR) is 106 cm³/mol. The lowest BCUT2D eigenvalue weighted by Crippen LogP contribution is -2.21. The maximum absolute atomic E-state index is 13.0. The van der Waals surface area contributed by atoms with Crippen molar-refractivity contribution >= 4 is 34.0 Å². The van der Waals surface area contributed by atoms with Gasteiger partial charge in [0.2, 0.25) is 0 Å². The van der Waals surface area contributed by atoms with Gasteiger partial charge in [-0.25, -0.2) is 14.3 Å². The van der Waals surface area contributed by atoms with E-state index in [9.17, 15) is 9.59 Å². The molecule has 0 aliphatic carbocycles. The Hall–Kier alpha value is -3.62. The lowest BCUT2D eigenvalue weighted by Gasteiger charge is -2.21. The van der Waals surface area contributed by atoms with Crippen LogP contribution in [0.15, 0.2) is 35.5 Å². The average molecular weight is 377 g/mol. The molecule has 0 radical (unpaired) electrons. The average Bonchev–Trinajstić information content (AvgIpc) is 3.39. The number of hydrogen-bond acceptors (Lipinski definition) is 5. The Morgan fingerprint density at radius 2 is 1.89 bits per heavy atom. The summed E-state index contributed by atoms with van der Waals surface area (Å²) in [4.78, 5) is 36.8. The van der Waals surface area contributed by atoms with Crippen molar-refractivity contribution < 1.29 is 4.79 Å². The van der Waals surface area contributed by atoms with Crippen LogP contribution in [0.25, 0.3) is 16.7 Å². The van der Waals surface area contributed by atoms with E-state index in [1.165, 1.54) is 6.20 Å². The summed E-state index contributed by atoms with van der Waals surface area (Å²) in [5, 5.41) is 7.21. The summed E-state index contributed by atoms with van der Waals surface area (Å²) in [6.45, 7) is 3.75. The van der Waals surface area contributed by atoms with Crippen molar-refractivity contribution in [1.82, 2.24) is 24.6 Å². The Labute approximate surface area is 159 Å². The van der Waals surface area contributed by atoms with Crippen molar-refractivity contribution in [1.29, 1.82) is 0 Å². The molecule has 0 unspecified atom stereocenters. The van der Waals surface area contributed by atoms with Crippen molar-refractivity contribution in [3.63, 3.8) is 0 Å². The third kappa shape index (κ3) is 2.72. The van der Waals surface area contributed by atoms with Crippen molar-refractivity contribution in [2.75, 3.05) is 23.3 Å². The van der Waals surface area contributed by atoms with E-state index < -0.39 is 0 Å². The molecule has 1 aliphatic heterocycles. The first kappa shape index (κ1) is 16.5. The Morgan fingerprint density at radius 3 is 2.68 bits per heavy atom. The number of hydrogen-bond donors (Lipinski definition) is 3. The van der Waals surface area contributed by atoms with E-state index in [1.54, 1.807) is 16.8 Å². The zero-order valence-corrected chi connectivity index (χ0v) is 15.3. The van der Waals surface area contributed by atoms with Crippen molar-refractivity contribution in [3.8, 4) is 0 Å². The van der Waals surface area contributed by atoms with Crippen molar-refractivity contribution in [3.05, 3.63) is 52.3 Å². The van der Waals surface area contributed by atoms with Gasteiger partial charge in [-0.15, -0.1) is 0 Å². The number of carbonyl (C=O) groups is 1. The molecule has 1 saturated heterocycles. The van der Waals surface area contributed by atoms with Crippen LogP contribution in [0.5, 0.6) is 0 Å². The van der Waals surface area contributed by atoms with Gasteiger partial charge in [0.1, 0.15) is 5.56 Å². The molecule has 3 N–H and O–H groups in total. The molecular weight excluding hydrogens is 358 g/mol. The van der Waals surface area contributed by atoms with Crippen LogP contribution in [-0.2, 0) is 0 Å². The molecule has 1 fully saturated rings. The summed E-state index contributed by atoms with van der Waals surface area (Å²) in [6.07, 6.45) is 7.26. The smallest absolute Gasteiger partial charge is 0.323 e. The van der Waals surface area contributed by atoms with Crippen LogP contribution in [0.3, 0.4) is 0 Å². The summed E-state index contributed by atoms with van der Waals surface area (Å²) in [7, 11) is 0. The monoisotopic (exact) mass is 377 g/mol. The Morgan fingerprint density at radius 1 is 1.14 bits per heavy atom. The van der Waals surface area contributed by atoms with Crippen LogP contribution < -0.4 is 15.9 Å². The van der Waals surface area contributed by atoms with Crippen LogP contribution in [-0.4, -0.2) is 43.6 Å². The highest BCUT2D eigenvalue weighted by Gasteiger charge is 2.21. The number of benzene rings is 1. The molecule has 1 amide bonds. The molecule has 9 heteroatoms. The van der Waals surface area contributed by atoms with Crippen molar-refractivity contribution in [2.45, 2.75) is 19.8 Å². The van der Waals surface area contributed by atoms with Gasteiger partial charge in [0.05, 0.1) is 28.6 Å². The molecule has 142 valence electrons. The van der Waals surface area contributed by atoms with E-state index in [4.69, 9.17) is 0 Å². The molecule has 5 rings (SSSR count). The van der Waals surface area contributed by atoms with Gasteiger partial charge in [-0.05, 0) is 37.5 Å². The lowest BCUT2D eigenvalue weighted by molar-refractivity contribution is 0.102. The van der Waals surface area contributed by atoms with E-state index in [2.05, 4.69) is 30.3 Å². The van der Waals surface area contributed by atoms with Crippen LogP contribution >= 0.6 is 0 Å². The normalized spacial score (nSPS) is 14.2. The predicted octanol–water partition coefficient (Wildman–Crippen LogP) is 2.06. The number of imidazole rings is 1. The van der Waals surface area contributed by atoms with Gasteiger partial charge >= 0.3 is 5.69 Å². The first-order chi connectivity index (χ1) is 13.6. The molecule has 4 aromatic rings. The summed E-state index contributed by atoms with van der Waals surface area (Å²) >= 11 is 0. The number of aromatic nitrogens is 5. The quantitative estimate of drug-likeness (QED) is 0.506. The van der Waals surface area contributed by atoms with Crippen molar-refractivity contribution in [2.24, 2.45) is 0 Å². The SMILES string of the molecule is Cc1cnc2c(C(=O)Nc3cc4[nH]c(=O)[nH]c4cc3N3CCCC3)cnn2c1. The maximum Gasteiger partial charge on any atom is 0.323 e. The molecule has 1 aromatic carbocycles. The van der Waals surface area contributed by atoms with Crippen LogP contribution in [0, 0.1) is 6.92 Å². The Kier molecular flexibility index (Phi) is 3.68. The molecule has 9 nitrogen and oxygen atoms in total. The maximum atomic E-state index is 13.0. The number of anilines is 2. The van der Waals surface area contributed by atoms with Gasteiger partial charge in [-0.3, -0.25) is 4.79 Å². The Balaban J connectivity index is 1.56. The Bertz CT molecular complexity index is 1260. The minimum absolute atomic E-state index is 0.270. The summed E-state index contributed by atoms with van der Waals surface area (Å²) in [5.74, 6) is -0.288. The molecular formula is C19H19N7O2. The second-order valence-corrected chi connectivity index (χ2v) is 7.10. The minimum atomic E-state index is -0.288. The van der Waals surface area contributed by atoms with Crippen LogP contribution in [0.1, 0.15) is 28.8 Å². The number of amides is 1. The molecule has 1 aliphatic rings. The summed E-state index contributed by atoms with van der Waals surface area (Å²) < 4.78 is 1.60. The van der Waals surface area contributed by atoms with Gasteiger partial charge in [0.15, 0.2) is 5.65 Å². The van der Waals surface area contributed by atoms with Crippen LogP contribution in [0.4, 0.5) is 11.4 Å². The molecule has 4 heterocycles. The largest absolute Gasteiger partial charge is 0.370 e. The fourth-order valence-electron chi connectivity index (χ4n) is 3.71. The number of carbonyl (C=O) groups excluding carboxylic acids is 1. The van der Waals surface area contributed by atoms with E-state index >= 15 is 0 Å².